The van der Waals surface area contributed by atoms with E-state index < -0.39 is 0 Å². The van der Waals surface area contributed by atoms with Crippen LogP contribution < -0.4 is 5.73 Å². The van der Waals surface area contributed by atoms with E-state index >= 15 is 0 Å². The molecule has 0 saturated heterocycles. The predicted octanol–water partition coefficient (Wildman–Crippen LogP) is 2.03. The Hall–Kier alpha value is -1.31. The van der Waals surface area contributed by atoms with Gasteiger partial charge in [0.15, 0.2) is 5.78 Å². The summed E-state index contributed by atoms with van der Waals surface area (Å²) in [6.45, 7) is 3.93. The second-order valence-electron chi connectivity index (χ2n) is 4.26. The van der Waals surface area contributed by atoms with Gasteiger partial charge in [-0.15, -0.1) is 0 Å². The molecule has 1 aliphatic rings. The molecule has 0 unspecified atom stereocenters. The van der Waals surface area contributed by atoms with Gasteiger partial charge in [0.05, 0.1) is 0 Å². The number of carbonyl (C=O) groups excluding carboxylic acids is 1. The lowest BCUT2D eigenvalue weighted by Crippen LogP contribution is -2.18. The van der Waals surface area contributed by atoms with Crippen LogP contribution in [0.15, 0.2) is 18.2 Å². The maximum Gasteiger partial charge on any atom is 0.169 e. The minimum Gasteiger partial charge on any atom is -0.398 e. The van der Waals surface area contributed by atoms with Crippen molar-refractivity contribution in [3.63, 3.8) is 0 Å². The van der Waals surface area contributed by atoms with Crippen molar-refractivity contribution in [2.24, 2.45) is 5.41 Å². The van der Waals surface area contributed by atoms with Crippen LogP contribution in [0.3, 0.4) is 0 Å². The average Bonchev–Trinajstić information content (AvgIpc) is 2.28. The van der Waals surface area contributed by atoms with Crippen molar-refractivity contribution in [2.75, 3.05) is 5.73 Å². The molecular formula is C11H13NO. The lowest BCUT2D eigenvalue weighted by Gasteiger charge is -2.13. The van der Waals surface area contributed by atoms with Crippen LogP contribution in [-0.2, 0) is 6.42 Å². The van der Waals surface area contributed by atoms with Crippen LogP contribution >= 0.6 is 0 Å². The van der Waals surface area contributed by atoms with E-state index in [9.17, 15) is 4.79 Å². The molecule has 2 N–H and O–H groups in total. The summed E-state index contributed by atoms with van der Waals surface area (Å²) in [6.07, 6.45) is 0.772. The van der Waals surface area contributed by atoms with Crippen LogP contribution in [0, 0.1) is 5.41 Å². The van der Waals surface area contributed by atoms with Crippen LogP contribution in [0.25, 0.3) is 0 Å². The highest BCUT2D eigenvalue weighted by Gasteiger charge is 2.38. The van der Waals surface area contributed by atoms with Crippen molar-refractivity contribution in [2.45, 2.75) is 20.3 Å². The molecule has 1 aliphatic carbocycles. The molecule has 0 aromatic heterocycles. The summed E-state index contributed by atoms with van der Waals surface area (Å²) >= 11 is 0. The minimum absolute atomic E-state index is 0.217. The average molecular weight is 175 g/mol. The van der Waals surface area contributed by atoms with Crippen LogP contribution in [-0.4, -0.2) is 5.78 Å². The van der Waals surface area contributed by atoms with Gasteiger partial charge in [-0.25, -0.2) is 0 Å². The largest absolute Gasteiger partial charge is 0.398 e. The molecule has 13 heavy (non-hydrogen) atoms. The Morgan fingerprint density at radius 2 is 2.08 bits per heavy atom. The monoisotopic (exact) mass is 175 g/mol. The molecule has 0 radical (unpaired) electrons. The van der Waals surface area contributed by atoms with Gasteiger partial charge >= 0.3 is 0 Å². The maximum absolute atomic E-state index is 11.8. The Balaban J connectivity index is 2.63. The highest BCUT2D eigenvalue weighted by atomic mass is 16.1. The van der Waals surface area contributed by atoms with Crippen LogP contribution in [0.5, 0.6) is 0 Å². The van der Waals surface area contributed by atoms with Crippen molar-refractivity contribution in [1.82, 2.24) is 0 Å². The first-order valence-electron chi connectivity index (χ1n) is 4.44. The first kappa shape index (κ1) is 8.30. The number of fused-ring (bicyclic) bond motifs is 1. The number of anilines is 1. The second kappa shape index (κ2) is 2.34. The first-order chi connectivity index (χ1) is 6.02. The fourth-order valence-corrected chi connectivity index (χ4v) is 1.90. The Kier molecular flexibility index (Phi) is 1.50. The molecule has 0 saturated carbocycles. The number of rotatable bonds is 0. The van der Waals surface area contributed by atoms with Crippen molar-refractivity contribution in [3.8, 4) is 0 Å². The zero-order valence-electron chi connectivity index (χ0n) is 7.92. The molecule has 0 spiro atoms. The molecule has 1 aromatic rings. The molecule has 0 heterocycles. The highest BCUT2D eigenvalue weighted by molar-refractivity contribution is 6.05. The molecule has 1 aromatic carbocycles. The second-order valence-corrected chi connectivity index (χ2v) is 4.26. The zero-order valence-corrected chi connectivity index (χ0v) is 7.92. The topological polar surface area (TPSA) is 43.1 Å². The third-order valence-electron chi connectivity index (χ3n) is 2.69. The van der Waals surface area contributed by atoms with E-state index in [1.54, 1.807) is 0 Å². The smallest absolute Gasteiger partial charge is 0.169 e. The number of nitrogen functional groups attached to an aromatic ring is 1. The SMILES string of the molecule is CC1(C)Cc2c(N)cccc2C1=O. The minimum atomic E-state index is -0.266. The van der Waals surface area contributed by atoms with E-state index in [0.717, 1.165) is 23.2 Å². The Morgan fingerprint density at radius 1 is 1.38 bits per heavy atom. The van der Waals surface area contributed by atoms with Gasteiger partial charge in [-0.3, -0.25) is 4.79 Å². The number of hydrogen-bond acceptors (Lipinski definition) is 2. The predicted molar refractivity (Wildman–Crippen MR) is 52.7 cm³/mol. The van der Waals surface area contributed by atoms with E-state index in [-0.39, 0.29) is 11.2 Å². The number of ketones is 1. The molecular weight excluding hydrogens is 162 g/mol. The van der Waals surface area contributed by atoms with Crippen molar-refractivity contribution in [3.05, 3.63) is 29.3 Å². The van der Waals surface area contributed by atoms with Crippen LogP contribution in [0.1, 0.15) is 29.8 Å². The van der Waals surface area contributed by atoms with Crippen LogP contribution in [0.4, 0.5) is 5.69 Å². The first-order valence-corrected chi connectivity index (χ1v) is 4.44. The lowest BCUT2D eigenvalue weighted by atomic mass is 9.89. The zero-order chi connectivity index (χ0) is 9.64. The van der Waals surface area contributed by atoms with E-state index in [0.29, 0.717) is 0 Å². The lowest BCUT2D eigenvalue weighted by molar-refractivity contribution is 0.0863. The Labute approximate surface area is 77.8 Å². The Morgan fingerprint density at radius 3 is 2.69 bits per heavy atom. The van der Waals surface area contributed by atoms with Crippen LogP contribution in [0.2, 0.25) is 0 Å². The molecule has 0 bridgehead atoms. The molecule has 0 fully saturated rings. The molecule has 0 amide bonds. The summed E-state index contributed by atoms with van der Waals surface area (Å²) in [5.41, 5.74) is 8.12. The summed E-state index contributed by atoms with van der Waals surface area (Å²) < 4.78 is 0. The molecule has 0 aliphatic heterocycles. The van der Waals surface area contributed by atoms with E-state index in [1.807, 2.05) is 32.0 Å². The van der Waals surface area contributed by atoms with Crippen molar-refractivity contribution < 1.29 is 4.79 Å². The summed E-state index contributed by atoms with van der Waals surface area (Å²) in [5.74, 6) is 0.217. The van der Waals surface area contributed by atoms with Gasteiger partial charge in [-0.2, -0.15) is 0 Å². The molecule has 68 valence electrons. The number of nitrogens with two attached hydrogens (primary N) is 1. The van der Waals surface area contributed by atoms with Gasteiger partial charge in [0.25, 0.3) is 0 Å². The van der Waals surface area contributed by atoms with E-state index in [2.05, 4.69) is 0 Å². The molecule has 2 nitrogen and oxygen atoms in total. The van der Waals surface area contributed by atoms with E-state index in [1.165, 1.54) is 0 Å². The maximum atomic E-state index is 11.8. The van der Waals surface area contributed by atoms with Crippen molar-refractivity contribution in [1.29, 1.82) is 0 Å². The molecule has 0 atom stereocenters. The number of Topliss-reactive ketones (excluding diaryl/α,β-unsaturated/α-hetero) is 1. The summed E-state index contributed by atoms with van der Waals surface area (Å²) in [5, 5.41) is 0. The number of carbonyl (C=O) groups is 1. The fourth-order valence-electron chi connectivity index (χ4n) is 1.90. The number of benzene rings is 1. The van der Waals surface area contributed by atoms with Gasteiger partial charge in [-0.1, -0.05) is 26.0 Å². The Bertz CT molecular complexity index is 380. The third kappa shape index (κ3) is 1.05. The van der Waals surface area contributed by atoms with Gasteiger partial charge in [0, 0.05) is 16.7 Å². The van der Waals surface area contributed by atoms with Crippen molar-refractivity contribution >= 4 is 11.5 Å². The van der Waals surface area contributed by atoms with Gasteiger partial charge < -0.3 is 5.73 Å². The third-order valence-corrected chi connectivity index (χ3v) is 2.69. The van der Waals surface area contributed by atoms with Gasteiger partial charge in [0.2, 0.25) is 0 Å². The molecule has 2 rings (SSSR count). The quantitative estimate of drug-likeness (QED) is 0.613. The van der Waals surface area contributed by atoms with Gasteiger partial charge in [-0.05, 0) is 18.1 Å². The normalized spacial score (nSPS) is 18.8. The summed E-state index contributed by atoms with van der Waals surface area (Å²) in [4.78, 5) is 11.8. The molecule has 2 heteroatoms. The summed E-state index contributed by atoms with van der Waals surface area (Å²) in [6, 6.07) is 5.56. The highest BCUT2D eigenvalue weighted by Crippen LogP contribution is 2.38. The fraction of sp³-hybridized carbons (Fsp3) is 0.364. The standard InChI is InChI=1S/C11H13NO/c1-11(2)6-8-7(10(11)13)4-3-5-9(8)12/h3-5H,6,12H2,1-2H3. The van der Waals surface area contributed by atoms with E-state index in [4.69, 9.17) is 5.73 Å². The van der Waals surface area contributed by atoms with Gasteiger partial charge in [0.1, 0.15) is 0 Å². The summed E-state index contributed by atoms with van der Waals surface area (Å²) in [7, 11) is 0. The number of hydrogen-bond donors (Lipinski definition) is 1.